The Labute approximate surface area is 175 Å². The molecule has 29 heavy (non-hydrogen) atoms. The maximum absolute atomic E-state index is 12.6. The number of carbonyl (C=O) groups is 2. The molecule has 0 radical (unpaired) electrons. The minimum absolute atomic E-state index is 0.0315. The van der Waals surface area contributed by atoms with Crippen molar-refractivity contribution in [3.8, 4) is 6.07 Å². The van der Waals surface area contributed by atoms with E-state index in [0.29, 0.717) is 48.0 Å². The number of carbonyl (C=O) groups excluding carboxylic acids is 2. The van der Waals surface area contributed by atoms with E-state index in [1.165, 1.54) is 5.56 Å². The predicted molar refractivity (Wildman–Crippen MR) is 113 cm³/mol. The molecule has 1 N–H and O–H groups in total. The molecule has 3 rings (SSSR count). The summed E-state index contributed by atoms with van der Waals surface area (Å²) in [5.74, 6) is -0.121. The number of rotatable bonds is 5. The summed E-state index contributed by atoms with van der Waals surface area (Å²) in [7, 11) is 0. The highest BCUT2D eigenvalue weighted by atomic mass is 35.5. The van der Waals surface area contributed by atoms with Crippen LogP contribution >= 0.6 is 11.6 Å². The predicted octanol–water partition coefficient (Wildman–Crippen LogP) is 3.17. The molecule has 0 aliphatic carbocycles. The Morgan fingerprint density at radius 2 is 1.79 bits per heavy atom. The van der Waals surface area contributed by atoms with Gasteiger partial charge in [-0.3, -0.25) is 14.5 Å². The lowest BCUT2D eigenvalue weighted by molar-refractivity contribution is -0.117. The molecule has 1 fully saturated rings. The molecule has 0 aromatic heterocycles. The van der Waals surface area contributed by atoms with Gasteiger partial charge in [-0.15, -0.1) is 0 Å². The van der Waals surface area contributed by atoms with Gasteiger partial charge in [0.2, 0.25) is 5.91 Å². The lowest BCUT2D eigenvalue weighted by Crippen LogP contribution is -2.50. The van der Waals surface area contributed by atoms with Gasteiger partial charge in [0, 0.05) is 37.4 Å². The number of halogens is 1. The Morgan fingerprint density at radius 3 is 2.38 bits per heavy atom. The average molecular weight is 411 g/mol. The van der Waals surface area contributed by atoms with Crippen LogP contribution in [0.15, 0.2) is 42.5 Å². The maximum atomic E-state index is 12.6. The van der Waals surface area contributed by atoms with E-state index in [9.17, 15) is 9.59 Å². The fourth-order valence-corrected chi connectivity index (χ4v) is 3.48. The van der Waals surface area contributed by atoms with Crippen molar-refractivity contribution < 1.29 is 9.59 Å². The third-order valence-electron chi connectivity index (χ3n) is 5.01. The number of anilines is 1. The molecule has 7 heteroatoms. The Morgan fingerprint density at radius 1 is 1.10 bits per heavy atom. The largest absolute Gasteiger partial charge is 0.336 e. The molecule has 0 saturated carbocycles. The molecule has 0 spiro atoms. The zero-order valence-electron chi connectivity index (χ0n) is 16.3. The molecule has 2 aromatic rings. The number of piperazine rings is 1. The van der Waals surface area contributed by atoms with Crippen LogP contribution in [-0.4, -0.2) is 54.3 Å². The molecule has 1 saturated heterocycles. The van der Waals surface area contributed by atoms with Crippen LogP contribution in [0, 0.1) is 11.3 Å². The van der Waals surface area contributed by atoms with Gasteiger partial charge in [0.15, 0.2) is 0 Å². The van der Waals surface area contributed by atoms with Crippen LogP contribution in [0.3, 0.4) is 0 Å². The number of nitrogens with one attached hydrogen (secondary N) is 1. The van der Waals surface area contributed by atoms with Gasteiger partial charge in [-0.05, 0) is 42.3 Å². The van der Waals surface area contributed by atoms with E-state index in [2.05, 4.69) is 12.2 Å². The number of nitrogens with zero attached hydrogens (tertiary/aromatic N) is 3. The zero-order valence-corrected chi connectivity index (χ0v) is 17.1. The highest BCUT2D eigenvalue weighted by Gasteiger charge is 2.23. The molecule has 0 unspecified atom stereocenters. The normalized spacial score (nSPS) is 14.3. The van der Waals surface area contributed by atoms with Crippen molar-refractivity contribution in [3.63, 3.8) is 0 Å². The second-order valence-corrected chi connectivity index (χ2v) is 7.38. The van der Waals surface area contributed by atoms with Crippen LogP contribution in [0.2, 0.25) is 5.02 Å². The lowest BCUT2D eigenvalue weighted by Gasteiger charge is -2.34. The molecule has 6 nitrogen and oxygen atoms in total. The summed E-state index contributed by atoms with van der Waals surface area (Å²) in [4.78, 5) is 28.8. The van der Waals surface area contributed by atoms with E-state index in [-0.39, 0.29) is 18.4 Å². The highest BCUT2D eigenvalue weighted by molar-refractivity contribution is 6.32. The van der Waals surface area contributed by atoms with Gasteiger partial charge >= 0.3 is 0 Å². The fourth-order valence-electron chi connectivity index (χ4n) is 3.26. The molecule has 0 bridgehead atoms. The number of hydrogen-bond donors (Lipinski definition) is 1. The van der Waals surface area contributed by atoms with E-state index in [1.54, 1.807) is 18.2 Å². The summed E-state index contributed by atoms with van der Waals surface area (Å²) < 4.78 is 0. The first-order valence-corrected chi connectivity index (χ1v) is 9.98. The molecule has 0 atom stereocenters. The first-order chi connectivity index (χ1) is 14.0. The van der Waals surface area contributed by atoms with Gasteiger partial charge < -0.3 is 10.2 Å². The van der Waals surface area contributed by atoms with Crippen molar-refractivity contribution >= 4 is 29.1 Å². The van der Waals surface area contributed by atoms with Crippen molar-refractivity contribution in [1.82, 2.24) is 9.80 Å². The minimum atomic E-state index is -0.152. The number of aryl methyl sites for hydroxylation is 1. The van der Waals surface area contributed by atoms with Gasteiger partial charge in [-0.1, -0.05) is 30.7 Å². The van der Waals surface area contributed by atoms with Crippen LogP contribution in [-0.2, 0) is 11.2 Å². The van der Waals surface area contributed by atoms with Crippen LogP contribution < -0.4 is 5.32 Å². The Bertz CT molecular complexity index is 929. The maximum Gasteiger partial charge on any atom is 0.253 e. The minimum Gasteiger partial charge on any atom is -0.336 e. The zero-order chi connectivity index (χ0) is 20.8. The van der Waals surface area contributed by atoms with Crippen molar-refractivity contribution in [1.29, 1.82) is 5.26 Å². The van der Waals surface area contributed by atoms with E-state index in [0.717, 1.165) is 6.42 Å². The number of amides is 2. The van der Waals surface area contributed by atoms with Crippen molar-refractivity contribution in [2.24, 2.45) is 0 Å². The van der Waals surface area contributed by atoms with E-state index in [1.807, 2.05) is 40.1 Å². The summed E-state index contributed by atoms with van der Waals surface area (Å²) in [5, 5.41) is 12.0. The topological polar surface area (TPSA) is 76.4 Å². The smallest absolute Gasteiger partial charge is 0.253 e. The molecule has 1 aliphatic heterocycles. The lowest BCUT2D eigenvalue weighted by atomic mass is 10.1. The quantitative estimate of drug-likeness (QED) is 0.821. The van der Waals surface area contributed by atoms with Crippen LogP contribution in [0.4, 0.5) is 5.69 Å². The molecular weight excluding hydrogens is 388 g/mol. The average Bonchev–Trinajstić information content (AvgIpc) is 2.74. The second kappa shape index (κ2) is 9.55. The Balaban J connectivity index is 1.49. The van der Waals surface area contributed by atoms with Gasteiger partial charge in [-0.2, -0.15) is 5.26 Å². The van der Waals surface area contributed by atoms with Crippen LogP contribution in [0.1, 0.15) is 28.4 Å². The fraction of sp³-hybridized carbons (Fsp3) is 0.318. The van der Waals surface area contributed by atoms with Gasteiger partial charge in [0.1, 0.15) is 6.07 Å². The van der Waals surface area contributed by atoms with Gasteiger partial charge in [0.05, 0.1) is 17.1 Å². The third-order valence-corrected chi connectivity index (χ3v) is 5.32. The molecule has 1 heterocycles. The SMILES string of the molecule is CCc1ccc(C(=O)N2CCN(CC(=O)Nc3ccc(C#N)c(Cl)c3)CC2)cc1. The van der Waals surface area contributed by atoms with Crippen LogP contribution in [0.25, 0.3) is 0 Å². The van der Waals surface area contributed by atoms with E-state index < -0.39 is 0 Å². The van der Waals surface area contributed by atoms with E-state index in [4.69, 9.17) is 16.9 Å². The monoisotopic (exact) mass is 410 g/mol. The summed E-state index contributed by atoms with van der Waals surface area (Å²) in [6, 6.07) is 14.5. The summed E-state index contributed by atoms with van der Waals surface area (Å²) in [6.07, 6.45) is 0.948. The molecule has 1 aliphatic rings. The first kappa shape index (κ1) is 20.8. The van der Waals surface area contributed by atoms with Gasteiger partial charge in [-0.25, -0.2) is 0 Å². The second-order valence-electron chi connectivity index (χ2n) is 6.97. The number of nitriles is 1. The van der Waals surface area contributed by atoms with Crippen LogP contribution in [0.5, 0.6) is 0 Å². The Kier molecular flexibility index (Phi) is 6.86. The summed E-state index contributed by atoms with van der Waals surface area (Å²) >= 11 is 6.00. The molecule has 150 valence electrons. The third kappa shape index (κ3) is 5.35. The molecule has 2 aromatic carbocycles. The Hall–Kier alpha value is -2.88. The highest BCUT2D eigenvalue weighted by Crippen LogP contribution is 2.20. The summed E-state index contributed by atoms with van der Waals surface area (Å²) in [6.45, 7) is 4.78. The van der Waals surface area contributed by atoms with E-state index >= 15 is 0 Å². The first-order valence-electron chi connectivity index (χ1n) is 9.60. The summed E-state index contributed by atoms with van der Waals surface area (Å²) in [5.41, 5.74) is 2.84. The molecule has 2 amide bonds. The number of hydrogen-bond acceptors (Lipinski definition) is 4. The van der Waals surface area contributed by atoms with Crippen molar-refractivity contribution in [2.45, 2.75) is 13.3 Å². The number of benzene rings is 2. The van der Waals surface area contributed by atoms with Crippen molar-refractivity contribution in [3.05, 3.63) is 64.2 Å². The van der Waals surface area contributed by atoms with Gasteiger partial charge in [0.25, 0.3) is 5.91 Å². The molecular formula is C22H23ClN4O2. The van der Waals surface area contributed by atoms with Crippen molar-refractivity contribution in [2.75, 3.05) is 38.0 Å². The standard InChI is InChI=1S/C22H23ClN4O2/c1-2-16-3-5-17(6-4-16)22(29)27-11-9-26(10-12-27)15-21(28)25-19-8-7-18(14-24)20(23)13-19/h3-8,13H,2,9-12,15H2,1H3,(H,25,28).